The zero-order chi connectivity index (χ0) is 13.0. The molecule has 2 nitrogen and oxygen atoms in total. The maximum absolute atomic E-state index is 6.08. The van der Waals surface area contributed by atoms with Crippen molar-refractivity contribution in [2.45, 2.75) is 38.1 Å². The molecule has 0 aromatic heterocycles. The molecule has 1 atom stereocenters. The molecule has 0 saturated heterocycles. The van der Waals surface area contributed by atoms with Crippen LogP contribution < -0.4 is 10.1 Å². The van der Waals surface area contributed by atoms with Gasteiger partial charge in [0.05, 0.1) is 7.11 Å². The van der Waals surface area contributed by atoms with Crippen LogP contribution in [0.3, 0.4) is 0 Å². The van der Waals surface area contributed by atoms with Crippen molar-refractivity contribution < 1.29 is 4.74 Å². The molecule has 2 rings (SSSR count). The lowest BCUT2D eigenvalue weighted by Crippen LogP contribution is -2.34. The summed E-state index contributed by atoms with van der Waals surface area (Å²) in [7, 11) is 3.77. The lowest BCUT2D eigenvalue weighted by atomic mass is 9.92. The Morgan fingerprint density at radius 1 is 1.39 bits per heavy atom. The highest BCUT2D eigenvalue weighted by atomic mass is 35.5. The van der Waals surface area contributed by atoms with Crippen molar-refractivity contribution in [3.05, 3.63) is 28.8 Å². The monoisotopic (exact) mass is 267 g/mol. The number of benzene rings is 1. The molecule has 1 aromatic rings. The third-order valence-corrected chi connectivity index (χ3v) is 4.26. The van der Waals surface area contributed by atoms with Crippen LogP contribution in [0.4, 0.5) is 0 Å². The molecule has 0 heterocycles. The zero-order valence-corrected chi connectivity index (χ0v) is 12.0. The van der Waals surface area contributed by atoms with Gasteiger partial charge in [-0.25, -0.2) is 0 Å². The molecule has 0 radical (unpaired) electrons. The van der Waals surface area contributed by atoms with Crippen molar-refractivity contribution in [2.24, 2.45) is 5.92 Å². The fourth-order valence-electron chi connectivity index (χ4n) is 3.01. The minimum Gasteiger partial charge on any atom is -0.496 e. The van der Waals surface area contributed by atoms with Gasteiger partial charge in [-0.1, -0.05) is 24.4 Å². The average Bonchev–Trinajstić information content (AvgIpc) is 2.90. The largest absolute Gasteiger partial charge is 0.496 e. The van der Waals surface area contributed by atoms with E-state index in [2.05, 4.69) is 12.4 Å². The predicted molar refractivity (Wildman–Crippen MR) is 76.5 cm³/mol. The Morgan fingerprint density at radius 2 is 2.11 bits per heavy atom. The standard InChI is InChI=1S/C15H22ClNO/c1-17-14(11-5-3-4-6-11)10-12-9-13(16)7-8-15(12)18-2/h7-9,11,14,17H,3-6,10H2,1-2H3. The van der Waals surface area contributed by atoms with Gasteiger partial charge in [0.15, 0.2) is 0 Å². The summed E-state index contributed by atoms with van der Waals surface area (Å²) < 4.78 is 5.42. The van der Waals surface area contributed by atoms with Crippen LogP contribution in [0.1, 0.15) is 31.2 Å². The van der Waals surface area contributed by atoms with Crippen molar-refractivity contribution >= 4 is 11.6 Å². The Balaban J connectivity index is 2.12. The van der Waals surface area contributed by atoms with Gasteiger partial charge in [0, 0.05) is 11.1 Å². The van der Waals surface area contributed by atoms with Crippen molar-refractivity contribution in [1.29, 1.82) is 0 Å². The Hall–Kier alpha value is -0.730. The van der Waals surface area contributed by atoms with Gasteiger partial charge in [0.1, 0.15) is 5.75 Å². The van der Waals surface area contributed by atoms with Gasteiger partial charge in [-0.3, -0.25) is 0 Å². The van der Waals surface area contributed by atoms with Gasteiger partial charge in [0.25, 0.3) is 0 Å². The lowest BCUT2D eigenvalue weighted by Gasteiger charge is -2.24. The fourth-order valence-corrected chi connectivity index (χ4v) is 3.20. The highest BCUT2D eigenvalue weighted by Crippen LogP contribution is 2.31. The third kappa shape index (κ3) is 3.18. The summed E-state index contributed by atoms with van der Waals surface area (Å²) in [5.74, 6) is 1.73. The second-order valence-electron chi connectivity index (χ2n) is 5.10. The summed E-state index contributed by atoms with van der Waals surface area (Å²) in [5, 5.41) is 4.25. The topological polar surface area (TPSA) is 21.3 Å². The third-order valence-electron chi connectivity index (χ3n) is 4.02. The molecular formula is C15H22ClNO. The van der Waals surface area contributed by atoms with E-state index in [4.69, 9.17) is 16.3 Å². The first-order chi connectivity index (χ1) is 8.74. The maximum Gasteiger partial charge on any atom is 0.122 e. The molecule has 1 fully saturated rings. The van der Waals surface area contributed by atoms with E-state index in [9.17, 15) is 0 Å². The van der Waals surface area contributed by atoms with E-state index in [1.807, 2.05) is 18.2 Å². The van der Waals surface area contributed by atoms with Gasteiger partial charge < -0.3 is 10.1 Å². The van der Waals surface area contributed by atoms with Gasteiger partial charge >= 0.3 is 0 Å². The minimum atomic E-state index is 0.528. The fraction of sp³-hybridized carbons (Fsp3) is 0.600. The maximum atomic E-state index is 6.08. The van der Waals surface area contributed by atoms with Crippen molar-refractivity contribution in [3.63, 3.8) is 0 Å². The molecule has 3 heteroatoms. The Morgan fingerprint density at radius 3 is 2.72 bits per heavy atom. The van der Waals surface area contributed by atoms with Gasteiger partial charge in [-0.2, -0.15) is 0 Å². The molecule has 1 aliphatic carbocycles. The smallest absolute Gasteiger partial charge is 0.122 e. The molecule has 1 saturated carbocycles. The molecule has 0 aliphatic heterocycles. The summed E-state index contributed by atoms with van der Waals surface area (Å²) in [6, 6.07) is 6.40. The van der Waals surface area contributed by atoms with E-state index in [-0.39, 0.29) is 0 Å². The number of ether oxygens (including phenoxy) is 1. The van der Waals surface area contributed by atoms with Crippen LogP contribution in [0.2, 0.25) is 5.02 Å². The van der Waals surface area contributed by atoms with Gasteiger partial charge in [-0.05, 0) is 56.0 Å². The van der Waals surface area contributed by atoms with Crippen LogP contribution in [0.15, 0.2) is 18.2 Å². The first kappa shape index (κ1) is 13.7. The Bertz CT molecular complexity index is 388. The first-order valence-corrected chi connectivity index (χ1v) is 7.12. The molecule has 0 spiro atoms. The molecule has 0 amide bonds. The van der Waals surface area contributed by atoms with Crippen molar-refractivity contribution in [1.82, 2.24) is 5.32 Å². The molecular weight excluding hydrogens is 246 g/mol. The highest BCUT2D eigenvalue weighted by molar-refractivity contribution is 6.30. The van der Waals surface area contributed by atoms with Crippen molar-refractivity contribution in [3.8, 4) is 5.75 Å². The summed E-state index contributed by atoms with van der Waals surface area (Å²) in [6.45, 7) is 0. The predicted octanol–water partition coefficient (Wildman–Crippen LogP) is 3.67. The van der Waals surface area contributed by atoms with E-state index in [1.165, 1.54) is 31.2 Å². The zero-order valence-electron chi connectivity index (χ0n) is 11.2. The van der Waals surface area contributed by atoms with Gasteiger partial charge in [-0.15, -0.1) is 0 Å². The van der Waals surface area contributed by atoms with E-state index in [1.54, 1.807) is 7.11 Å². The van der Waals surface area contributed by atoms with Crippen LogP contribution in [0.5, 0.6) is 5.75 Å². The van der Waals surface area contributed by atoms with Crippen LogP contribution in [-0.4, -0.2) is 20.2 Å². The van der Waals surface area contributed by atoms with E-state index < -0.39 is 0 Å². The average molecular weight is 268 g/mol. The summed E-state index contributed by atoms with van der Waals surface area (Å²) in [4.78, 5) is 0. The summed E-state index contributed by atoms with van der Waals surface area (Å²) >= 11 is 6.08. The van der Waals surface area contributed by atoms with Crippen LogP contribution >= 0.6 is 11.6 Å². The summed E-state index contributed by atoms with van der Waals surface area (Å²) in [5.41, 5.74) is 1.20. The minimum absolute atomic E-state index is 0.528. The number of hydrogen-bond donors (Lipinski definition) is 1. The second-order valence-corrected chi connectivity index (χ2v) is 5.54. The molecule has 1 aliphatic rings. The SMILES string of the molecule is CNC(Cc1cc(Cl)ccc1OC)C1CCCC1. The van der Waals surface area contributed by atoms with Crippen LogP contribution in [0, 0.1) is 5.92 Å². The number of rotatable bonds is 5. The molecule has 100 valence electrons. The lowest BCUT2D eigenvalue weighted by molar-refractivity contribution is 0.365. The van der Waals surface area contributed by atoms with E-state index >= 15 is 0 Å². The van der Waals surface area contributed by atoms with Crippen LogP contribution in [-0.2, 0) is 6.42 Å². The highest BCUT2D eigenvalue weighted by Gasteiger charge is 2.24. The number of nitrogens with one attached hydrogen (secondary N) is 1. The summed E-state index contributed by atoms with van der Waals surface area (Å²) in [6.07, 6.45) is 6.42. The normalized spacial score (nSPS) is 17.9. The number of methoxy groups -OCH3 is 1. The van der Waals surface area contributed by atoms with E-state index in [0.717, 1.165) is 23.1 Å². The molecule has 1 N–H and O–H groups in total. The van der Waals surface area contributed by atoms with Crippen LogP contribution in [0.25, 0.3) is 0 Å². The number of hydrogen-bond acceptors (Lipinski definition) is 2. The number of likely N-dealkylation sites (N-methyl/N-ethyl adjacent to an activating group) is 1. The molecule has 1 unspecified atom stereocenters. The molecule has 0 bridgehead atoms. The first-order valence-electron chi connectivity index (χ1n) is 6.74. The Labute approximate surface area is 115 Å². The second kappa shape index (κ2) is 6.44. The number of halogens is 1. The molecule has 1 aromatic carbocycles. The van der Waals surface area contributed by atoms with Crippen molar-refractivity contribution in [2.75, 3.05) is 14.2 Å². The Kier molecular flexibility index (Phi) is 4.90. The quantitative estimate of drug-likeness (QED) is 0.879. The van der Waals surface area contributed by atoms with Gasteiger partial charge in [0.2, 0.25) is 0 Å². The van der Waals surface area contributed by atoms with E-state index in [0.29, 0.717) is 6.04 Å². The molecule has 18 heavy (non-hydrogen) atoms.